The number of nitrogens with zero attached hydrogens (tertiary/aromatic N) is 2. The van der Waals surface area contributed by atoms with Crippen molar-refractivity contribution in [3.05, 3.63) is 64.7 Å². The van der Waals surface area contributed by atoms with Gasteiger partial charge in [-0.2, -0.15) is 0 Å². The van der Waals surface area contributed by atoms with Crippen LogP contribution in [-0.2, 0) is 38.8 Å². The number of benzene rings is 2. The number of nitrogens with one attached hydrogen (secondary N) is 1. The van der Waals surface area contributed by atoms with Gasteiger partial charge in [-0.3, -0.25) is 24.5 Å². The van der Waals surface area contributed by atoms with Gasteiger partial charge in [-0.05, 0) is 29.7 Å². The Bertz CT molecular complexity index is 1150. The summed E-state index contributed by atoms with van der Waals surface area (Å²) in [5.74, 6) is -0.367. The highest BCUT2D eigenvalue weighted by Gasteiger charge is 2.40. The van der Waals surface area contributed by atoms with E-state index in [0.29, 0.717) is 44.0 Å². The maximum Gasteiger partial charge on any atom is 0.255 e. The van der Waals surface area contributed by atoms with Gasteiger partial charge in [0, 0.05) is 30.6 Å². The molecule has 2 saturated heterocycles. The quantitative estimate of drug-likeness (QED) is 0.649. The molecule has 34 heavy (non-hydrogen) atoms. The third-order valence-electron chi connectivity index (χ3n) is 6.41. The average Bonchev–Trinajstić information content (AvgIpc) is 3.17. The topological polar surface area (TPSA) is 105 Å². The fourth-order valence-corrected chi connectivity index (χ4v) is 4.53. The number of imide groups is 1. The smallest absolute Gasteiger partial charge is 0.255 e. The lowest BCUT2D eigenvalue weighted by molar-refractivity contribution is -0.143. The lowest BCUT2D eigenvalue weighted by Crippen LogP contribution is -2.52. The van der Waals surface area contributed by atoms with Crippen LogP contribution < -0.4 is 10.1 Å². The van der Waals surface area contributed by atoms with Crippen molar-refractivity contribution < 1.29 is 28.7 Å². The van der Waals surface area contributed by atoms with Crippen molar-refractivity contribution >= 4 is 23.6 Å². The molecular formula is C25H25N3O6. The van der Waals surface area contributed by atoms with Gasteiger partial charge in [-0.1, -0.05) is 30.3 Å². The Kier molecular flexibility index (Phi) is 6.02. The number of fused-ring (bicyclic) bond motifs is 1. The van der Waals surface area contributed by atoms with Crippen LogP contribution in [0, 0.1) is 0 Å². The number of piperidine rings is 1. The number of carbonyl (C=O) groups excluding carboxylic acids is 4. The second kappa shape index (κ2) is 9.26. The molecule has 0 radical (unpaired) electrons. The van der Waals surface area contributed by atoms with Crippen LogP contribution in [0.5, 0.6) is 5.75 Å². The van der Waals surface area contributed by atoms with Crippen molar-refractivity contribution in [3.63, 3.8) is 0 Å². The zero-order valence-electron chi connectivity index (χ0n) is 18.6. The van der Waals surface area contributed by atoms with E-state index in [0.717, 1.165) is 16.7 Å². The molecule has 5 rings (SSSR count). The number of rotatable bonds is 6. The van der Waals surface area contributed by atoms with E-state index in [9.17, 15) is 19.2 Å². The van der Waals surface area contributed by atoms with Gasteiger partial charge in [0.25, 0.3) is 5.91 Å². The second-order valence-corrected chi connectivity index (χ2v) is 8.66. The van der Waals surface area contributed by atoms with Crippen molar-refractivity contribution in [2.24, 2.45) is 0 Å². The lowest BCUT2D eigenvalue weighted by Gasteiger charge is -2.29. The average molecular weight is 463 g/mol. The van der Waals surface area contributed by atoms with Crippen LogP contribution in [0.3, 0.4) is 0 Å². The third kappa shape index (κ3) is 4.38. The molecule has 0 aliphatic carbocycles. The number of amides is 4. The van der Waals surface area contributed by atoms with Crippen molar-refractivity contribution in [3.8, 4) is 5.75 Å². The third-order valence-corrected chi connectivity index (χ3v) is 6.41. The second-order valence-electron chi connectivity index (χ2n) is 8.66. The van der Waals surface area contributed by atoms with E-state index in [1.165, 1.54) is 4.90 Å². The van der Waals surface area contributed by atoms with Crippen LogP contribution in [0.1, 0.15) is 39.9 Å². The number of carbonyl (C=O) groups is 4. The van der Waals surface area contributed by atoms with E-state index < -0.39 is 11.9 Å². The van der Waals surface area contributed by atoms with Gasteiger partial charge >= 0.3 is 0 Å². The van der Waals surface area contributed by atoms with Crippen molar-refractivity contribution in [2.45, 2.75) is 38.6 Å². The molecule has 0 aromatic heterocycles. The highest BCUT2D eigenvalue weighted by atomic mass is 16.5. The molecule has 3 heterocycles. The Morgan fingerprint density at radius 1 is 1.03 bits per heavy atom. The van der Waals surface area contributed by atoms with Crippen LogP contribution in [0.15, 0.2) is 42.5 Å². The Hall–Kier alpha value is -3.72. The Balaban J connectivity index is 1.23. The highest BCUT2D eigenvalue weighted by Crippen LogP contribution is 2.34. The molecule has 1 N–H and O–H groups in total. The predicted molar refractivity (Wildman–Crippen MR) is 119 cm³/mol. The molecule has 9 heteroatoms. The zero-order chi connectivity index (χ0) is 23.7. The first kappa shape index (κ1) is 22.1. The zero-order valence-corrected chi connectivity index (χ0v) is 18.6. The van der Waals surface area contributed by atoms with Crippen LogP contribution >= 0.6 is 0 Å². The van der Waals surface area contributed by atoms with E-state index in [2.05, 4.69) is 5.32 Å². The Morgan fingerprint density at radius 3 is 2.59 bits per heavy atom. The van der Waals surface area contributed by atoms with Crippen molar-refractivity contribution in [1.82, 2.24) is 15.1 Å². The summed E-state index contributed by atoms with van der Waals surface area (Å²) in [6.45, 7) is 2.42. The van der Waals surface area contributed by atoms with Crippen molar-refractivity contribution in [2.75, 3.05) is 19.8 Å². The molecule has 3 aliphatic heterocycles. The van der Waals surface area contributed by atoms with Gasteiger partial charge in [-0.15, -0.1) is 0 Å². The molecule has 0 spiro atoms. The van der Waals surface area contributed by atoms with E-state index in [1.54, 1.807) is 17.0 Å². The lowest BCUT2D eigenvalue weighted by atomic mass is 10.0. The summed E-state index contributed by atoms with van der Waals surface area (Å²) < 4.78 is 11.2. The predicted octanol–water partition coefficient (Wildman–Crippen LogP) is 1.39. The molecule has 4 amide bonds. The van der Waals surface area contributed by atoms with Gasteiger partial charge in [0.05, 0.1) is 13.2 Å². The monoisotopic (exact) mass is 463 g/mol. The summed E-state index contributed by atoms with van der Waals surface area (Å²) in [6, 6.07) is 12.5. The Labute approximate surface area is 196 Å². The first-order chi connectivity index (χ1) is 16.5. The van der Waals surface area contributed by atoms with E-state index >= 15 is 0 Å². The van der Waals surface area contributed by atoms with Gasteiger partial charge in [0.1, 0.15) is 25.0 Å². The summed E-state index contributed by atoms with van der Waals surface area (Å²) in [6.07, 6.45) is 0.540. The van der Waals surface area contributed by atoms with Gasteiger partial charge < -0.3 is 19.3 Å². The molecule has 2 fully saturated rings. The molecule has 0 bridgehead atoms. The van der Waals surface area contributed by atoms with Gasteiger partial charge in [0.2, 0.25) is 17.7 Å². The fourth-order valence-electron chi connectivity index (χ4n) is 4.53. The van der Waals surface area contributed by atoms with Gasteiger partial charge in [0.15, 0.2) is 0 Å². The maximum atomic E-state index is 12.9. The molecule has 0 saturated carbocycles. The molecule has 2 aromatic carbocycles. The largest absolute Gasteiger partial charge is 0.489 e. The summed E-state index contributed by atoms with van der Waals surface area (Å²) in [7, 11) is 0. The molecule has 9 nitrogen and oxygen atoms in total. The molecule has 1 atom stereocenters. The van der Waals surface area contributed by atoms with Crippen LogP contribution in [-0.4, -0.2) is 59.2 Å². The molecular weight excluding hydrogens is 438 g/mol. The number of hydrogen-bond acceptors (Lipinski definition) is 6. The maximum absolute atomic E-state index is 12.9. The molecule has 2 aromatic rings. The first-order valence-electron chi connectivity index (χ1n) is 11.3. The standard InChI is InChI=1S/C25H25N3O6/c29-22-9-8-20(24(31)26-22)28-13-19-18(25(28)32)2-1-3-21(19)34-14-17-6-4-16(5-7-17)12-27-10-11-33-15-23(27)30/h1-7,20H,8-15H2,(H,26,29,31)/t20-/m0/s1. The summed E-state index contributed by atoms with van der Waals surface area (Å²) in [4.78, 5) is 51.9. The molecule has 3 aliphatic rings. The summed E-state index contributed by atoms with van der Waals surface area (Å²) in [5, 5.41) is 2.32. The number of hydrogen-bond donors (Lipinski definition) is 1. The van der Waals surface area contributed by atoms with Crippen molar-refractivity contribution in [1.29, 1.82) is 0 Å². The minimum absolute atomic E-state index is 0.00232. The van der Waals surface area contributed by atoms with Crippen LogP contribution in [0.25, 0.3) is 0 Å². The molecule has 0 unspecified atom stereocenters. The van der Waals surface area contributed by atoms with Gasteiger partial charge in [-0.25, -0.2) is 0 Å². The van der Waals surface area contributed by atoms with Crippen LogP contribution in [0.4, 0.5) is 0 Å². The SMILES string of the molecule is O=C1CC[C@H](N2Cc3c(OCc4ccc(CN5CCOCC5=O)cc4)cccc3C2=O)C(=O)N1. The Morgan fingerprint density at radius 2 is 1.82 bits per heavy atom. The fraction of sp³-hybridized carbons (Fsp3) is 0.360. The highest BCUT2D eigenvalue weighted by molar-refractivity contribution is 6.05. The van der Waals surface area contributed by atoms with Crippen LogP contribution in [0.2, 0.25) is 0 Å². The summed E-state index contributed by atoms with van der Waals surface area (Å²) in [5.41, 5.74) is 3.26. The normalized spacial score (nSPS) is 20.4. The number of morpholine rings is 1. The van der Waals surface area contributed by atoms with E-state index in [4.69, 9.17) is 9.47 Å². The minimum Gasteiger partial charge on any atom is -0.489 e. The first-order valence-corrected chi connectivity index (χ1v) is 11.3. The van der Waals surface area contributed by atoms with E-state index in [-0.39, 0.29) is 37.3 Å². The van der Waals surface area contributed by atoms with E-state index in [1.807, 2.05) is 30.3 Å². The molecule has 176 valence electrons. The summed E-state index contributed by atoms with van der Waals surface area (Å²) >= 11 is 0. The number of ether oxygens (including phenoxy) is 2. The minimum atomic E-state index is -0.656.